The van der Waals surface area contributed by atoms with Gasteiger partial charge in [0.05, 0.1) is 10.6 Å². The number of Topliss-reactive ketones (excluding diaryl/α,β-unsaturated/α-hetero) is 1. The number of amides is 1. The Morgan fingerprint density at radius 1 is 1.09 bits per heavy atom. The Morgan fingerprint density at radius 3 is 2.23 bits per heavy atom. The summed E-state index contributed by atoms with van der Waals surface area (Å²) in [4.78, 5) is 31.8. The number of aromatic nitrogens is 1. The molecule has 0 spiro atoms. The molecule has 1 N–H and O–H groups in total. The Morgan fingerprint density at radius 2 is 1.69 bits per heavy atom. The average Bonchev–Trinajstić information content (AvgIpc) is 2.71. The first-order chi connectivity index (χ1) is 16.2. The van der Waals surface area contributed by atoms with Crippen molar-refractivity contribution < 1.29 is 18.0 Å². The summed E-state index contributed by atoms with van der Waals surface area (Å²) in [5, 5.41) is 3.41. The maximum atomic E-state index is 12.9. The van der Waals surface area contributed by atoms with Gasteiger partial charge < -0.3 is 10.2 Å². The molecule has 35 heavy (non-hydrogen) atoms. The van der Waals surface area contributed by atoms with Crippen LogP contribution in [0.1, 0.15) is 56.8 Å². The fourth-order valence-corrected chi connectivity index (χ4v) is 5.30. The number of carbonyl (C=O) groups is 2. The molecule has 0 aliphatic carbocycles. The molecule has 0 atom stereocenters. The van der Waals surface area contributed by atoms with E-state index >= 15 is 0 Å². The standard InChI is InChI=1S/C25H31Cl2N3O4S/c1-25(2,3)14-20(31)9-16-5-7-30(8-6-16)23-22(13-21(15-28-23)35(4,33)34)29-24(32)17-10-18(26)12-19(27)11-17/h10-13,15-16H,5-9,14H2,1-4H3,(H,29,32). The summed E-state index contributed by atoms with van der Waals surface area (Å²) in [5.74, 6) is 0.576. The number of anilines is 2. The molecule has 1 saturated heterocycles. The first-order valence-electron chi connectivity index (χ1n) is 11.5. The molecule has 1 aliphatic rings. The van der Waals surface area contributed by atoms with E-state index < -0.39 is 15.7 Å². The van der Waals surface area contributed by atoms with Crippen molar-refractivity contribution in [2.24, 2.45) is 11.3 Å². The number of carbonyl (C=O) groups excluding carboxylic acids is 2. The molecule has 10 heteroatoms. The second-order valence-electron chi connectivity index (χ2n) is 10.3. The number of hydrogen-bond acceptors (Lipinski definition) is 6. The molecule has 1 aromatic heterocycles. The van der Waals surface area contributed by atoms with Gasteiger partial charge in [-0.2, -0.15) is 0 Å². The predicted octanol–water partition coefficient (Wildman–Crippen LogP) is 5.66. The van der Waals surface area contributed by atoms with Crippen molar-refractivity contribution >= 4 is 56.2 Å². The number of nitrogens with one attached hydrogen (secondary N) is 1. The number of hydrogen-bond donors (Lipinski definition) is 1. The van der Waals surface area contributed by atoms with Crippen LogP contribution in [-0.4, -0.2) is 44.4 Å². The molecular weight excluding hydrogens is 509 g/mol. The first-order valence-corrected chi connectivity index (χ1v) is 14.1. The molecule has 1 aliphatic heterocycles. The van der Waals surface area contributed by atoms with Gasteiger partial charge in [0, 0.05) is 54.0 Å². The molecule has 2 heterocycles. The quantitative estimate of drug-likeness (QED) is 0.487. The average molecular weight is 541 g/mol. The monoisotopic (exact) mass is 539 g/mol. The Hall–Kier alpha value is -2.16. The summed E-state index contributed by atoms with van der Waals surface area (Å²) < 4.78 is 24.3. The van der Waals surface area contributed by atoms with Crippen molar-refractivity contribution in [2.45, 2.75) is 51.3 Å². The lowest BCUT2D eigenvalue weighted by molar-refractivity contribution is -0.121. The lowest BCUT2D eigenvalue weighted by atomic mass is 9.84. The summed E-state index contributed by atoms with van der Waals surface area (Å²) in [6, 6.07) is 5.90. The van der Waals surface area contributed by atoms with Crippen molar-refractivity contribution in [3.8, 4) is 0 Å². The van der Waals surface area contributed by atoms with E-state index in [2.05, 4.69) is 31.1 Å². The molecule has 7 nitrogen and oxygen atoms in total. The fraction of sp³-hybridized carbons (Fsp3) is 0.480. The minimum atomic E-state index is -3.54. The van der Waals surface area contributed by atoms with Gasteiger partial charge in [-0.3, -0.25) is 9.59 Å². The molecule has 0 bridgehead atoms. The zero-order chi connectivity index (χ0) is 26.0. The minimum Gasteiger partial charge on any atom is -0.355 e. The van der Waals surface area contributed by atoms with Gasteiger partial charge >= 0.3 is 0 Å². The van der Waals surface area contributed by atoms with Gasteiger partial charge in [0.2, 0.25) is 0 Å². The van der Waals surface area contributed by atoms with E-state index in [9.17, 15) is 18.0 Å². The normalized spacial score (nSPS) is 15.2. The summed E-state index contributed by atoms with van der Waals surface area (Å²) >= 11 is 12.1. The third kappa shape index (κ3) is 7.92. The zero-order valence-electron chi connectivity index (χ0n) is 20.4. The van der Waals surface area contributed by atoms with Gasteiger partial charge in [0.25, 0.3) is 5.91 Å². The van der Waals surface area contributed by atoms with Crippen LogP contribution >= 0.6 is 23.2 Å². The van der Waals surface area contributed by atoms with Crippen molar-refractivity contribution in [3.63, 3.8) is 0 Å². The van der Waals surface area contributed by atoms with Crippen LogP contribution in [-0.2, 0) is 14.6 Å². The number of benzene rings is 1. The largest absolute Gasteiger partial charge is 0.355 e. The van der Waals surface area contributed by atoms with E-state index in [1.165, 1.54) is 30.5 Å². The van der Waals surface area contributed by atoms with Crippen molar-refractivity contribution in [1.82, 2.24) is 4.98 Å². The molecular formula is C25H31Cl2N3O4S. The highest BCUT2D eigenvalue weighted by molar-refractivity contribution is 7.90. The second kappa shape index (κ2) is 10.8. The number of halogens is 2. The highest BCUT2D eigenvalue weighted by Gasteiger charge is 2.26. The number of nitrogens with zero attached hydrogens (tertiary/aromatic N) is 2. The van der Waals surface area contributed by atoms with Crippen molar-refractivity contribution in [3.05, 3.63) is 46.1 Å². The number of piperidine rings is 1. The number of rotatable bonds is 7. The molecule has 0 unspecified atom stereocenters. The van der Waals surface area contributed by atoms with E-state index in [0.717, 1.165) is 19.1 Å². The van der Waals surface area contributed by atoms with Crippen LogP contribution in [0.15, 0.2) is 35.4 Å². The number of ketones is 1. The third-order valence-electron chi connectivity index (χ3n) is 5.80. The number of pyridine rings is 1. The molecule has 0 radical (unpaired) electrons. The first kappa shape index (κ1) is 27.4. The lowest BCUT2D eigenvalue weighted by Crippen LogP contribution is -2.36. The van der Waals surface area contributed by atoms with E-state index in [1.54, 1.807) is 0 Å². The molecule has 2 aromatic rings. The molecule has 1 amide bonds. The molecule has 1 fully saturated rings. The van der Waals surface area contributed by atoms with Crippen molar-refractivity contribution in [1.29, 1.82) is 0 Å². The van der Waals surface area contributed by atoms with Gasteiger partial charge in [-0.25, -0.2) is 13.4 Å². The summed E-state index contributed by atoms with van der Waals surface area (Å²) in [7, 11) is -3.54. The van der Waals surface area contributed by atoms with Gasteiger partial charge in [-0.15, -0.1) is 0 Å². The SMILES string of the molecule is CC(C)(C)CC(=O)CC1CCN(c2ncc(S(C)(=O)=O)cc2NC(=O)c2cc(Cl)cc(Cl)c2)CC1. The van der Waals surface area contributed by atoms with Crippen molar-refractivity contribution in [2.75, 3.05) is 29.6 Å². The number of sulfone groups is 1. The van der Waals surface area contributed by atoms with Crippen LogP contribution in [0.2, 0.25) is 10.0 Å². The van der Waals surface area contributed by atoms with Gasteiger partial charge in [-0.1, -0.05) is 44.0 Å². The fourth-order valence-electron chi connectivity index (χ4n) is 4.20. The van der Waals surface area contributed by atoms with Crippen LogP contribution < -0.4 is 10.2 Å². The van der Waals surface area contributed by atoms with E-state index in [4.69, 9.17) is 23.2 Å². The van der Waals surface area contributed by atoms with Crippen LogP contribution in [0.5, 0.6) is 0 Å². The topological polar surface area (TPSA) is 96.4 Å². The van der Waals surface area contributed by atoms with E-state index in [1.807, 2.05) is 4.90 Å². The minimum absolute atomic E-state index is 0.00309. The van der Waals surface area contributed by atoms with Gasteiger partial charge in [-0.05, 0) is 48.4 Å². The Balaban J connectivity index is 1.79. The maximum Gasteiger partial charge on any atom is 0.255 e. The highest BCUT2D eigenvalue weighted by atomic mass is 35.5. The molecule has 1 aromatic carbocycles. The van der Waals surface area contributed by atoms with Crippen LogP contribution in [0.3, 0.4) is 0 Å². The van der Waals surface area contributed by atoms with Crippen LogP contribution in [0.25, 0.3) is 0 Å². The smallest absolute Gasteiger partial charge is 0.255 e. The van der Waals surface area contributed by atoms with E-state index in [0.29, 0.717) is 47.7 Å². The Bertz CT molecular complexity index is 1200. The Kier molecular flexibility index (Phi) is 8.50. The summed E-state index contributed by atoms with van der Waals surface area (Å²) in [6.07, 6.45) is 5.13. The van der Waals surface area contributed by atoms with E-state index in [-0.39, 0.29) is 27.3 Å². The second-order valence-corrected chi connectivity index (χ2v) is 13.2. The van der Waals surface area contributed by atoms with Crippen LogP contribution in [0.4, 0.5) is 11.5 Å². The zero-order valence-corrected chi connectivity index (χ0v) is 22.7. The predicted molar refractivity (Wildman–Crippen MR) is 140 cm³/mol. The molecule has 3 rings (SSSR count). The Labute approximate surface area is 217 Å². The molecule has 0 saturated carbocycles. The van der Waals surface area contributed by atoms with Gasteiger partial charge in [0.1, 0.15) is 5.78 Å². The molecule has 190 valence electrons. The van der Waals surface area contributed by atoms with Crippen LogP contribution in [0, 0.1) is 11.3 Å². The maximum absolute atomic E-state index is 12.9. The lowest BCUT2D eigenvalue weighted by Gasteiger charge is -2.34. The third-order valence-corrected chi connectivity index (χ3v) is 7.32. The van der Waals surface area contributed by atoms with Gasteiger partial charge in [0.15, 0.2) is 15.7 Å². The highest BCUT2D eigenvalue weighted by Crippen LogP contribution is 2.32. The summed E-state index contributed by atoms with van der Waals surface area (Å²) in [5.41, 5.74) is 0.509. The summed E-state index contributed by atoms with van der Waals surface area (Å²) in [6.45, 7) is 7.47.